The van der Waals surface area contributed by atoms with E-state index in [-0.39, 0.29) is 41.0 Å². The number of benzene rings is 4. The van der Waals surface area contributed by atoms with Crippen molar-refractivity contribution in [3.8, 4) is 11.1 Å². The molecule has 2 heterocycles. The Morgan fingerprint density at radius 2 is 1.44 bits per heavy atom. The Balaban J connectivity index is 0.856. The summed E-state index contributed by atoms with van der Waals surface area (Å²) >= 11 is 0. The molecule has 2 amide bonds. The zero-order valence-electron chi connectivity index (χ0n) is 32.4. The van der Waals surface area contributed by atoms with Gasteiger partial charge in [-0.15, -0.1) is 0 Å². The summed E-state index contributed by atoms with van der Waals surface area (Å²) in [5.74, 6) is 2.33. The lowest BCUT2D eigenvalue weighted by Crippen LogP contribution is -2.61. The molecule has 0 aromatic heterocycles. The molecule has 3 atom stereocenters. The minimum absolute atomic E-state index is 0.00735. The van der Waals surface area contributed by atoms with Crippen LogP contribution >= 0.6 is 0 Å². The minimum Gasteiger partial charge on any atom is -0.392 e. The number of hydrogen-bond acceptors (Lipinski definition) is 8. The molecule has 298 valence electrons. The number of nitro groups is 1. The number of nitro benzene ring substituents is 1. The van der Waals surface area contributed by atoms with Crippen molar-refractivity contribution < 1.29 is 24.3 Å². The molecule has 11 nitrogen and oxygen atoms in total. The van der Waals surface area contributed by atoms with Crippen LogP contribution in [-0.4, -0.2) is 65.3 Å². The highest BCUT2D eigenvalue weighted by Gasteiger charge is 2.51. The minimum atomic E-state index is -0.563. The van der Waals surface area contributed by atoms with Crippen molar-refractivity contribution in [2.75, 3.05) is 37.6 Å². The topological polar surface area (TPSA) is 129 Å². The zero-order chi connectivity index (χ0) is 38.9. The molecule has 0 spiro atoms. The third-order valence-electron chi connectivity index (χ3n) is 13.2. The Bertz CT molecular complexity index is 2000. The second-order valence-electron chi connectivity index (χ2n) is 17.2. The number of anilines is 1. The van der Waals surface area contributed by atoms with Crippen molar-refractivity contribution in [2.24, 2.45) is 17.8 Å². The standard InChI is InChI=1S/C46H53N5O6/c52-30-31-5-7-36(8-6-31)43-24-41(29-49-17-19-50(20-18-49)39-13-15-40(16-14-39)51(54)55)56-44(57-43)37-11-9-35(10-12-37)42-4-2-1-3-38(42)28-47-45(53)48-46-25-32-21-33(26-46)23-34(22-32)27-46/h1-16,32-34,41,43-44,52H,17-30H2,(H2,47,48,53)/t32?,33?,34?,41-,43+,44+,46?/m0/s1. The molecule has 2 aliphatic heterocycles. The third-order valence-corrected chi connectivity index (χ3v) is 13.2. The Kier molecular flexibility index (Phi) is 10.7. The van der Waals surface area contributed by atoms with Crippen molar-refractivity contribution in [1.29, 1.82) is 0 Å². The van der Waals surface area contributed by atoms with Gasteiger partial charge in [-0.05, 0) is 96.2 Å². The lowest BCUT2D eigenvalue weighted by atomic mass is 9.53. The molecule has 57 heavy (non-hydrogen) atoms. The number of nitrogens with one attached hydrogen (secondary N) is 2. The lowest BCUT2D eigenvalue weighted by Gasteiger charge is -2.56. The maximum absolute atomic E-state index is 13.3. The van der Waals surface area contributed by atoms with E-state index >= 15 is 0 Å². The van der Waals surface area contributed by atoms with E-state index in [9.17, 15) is 20.0 Å². The largest absolute Gasteiger partial charge is 0.392 e. The van der Waals surface area contributed by atoms with Gasteiger partial charge in [-0.1, -0.05) is 72.8 Å². The van der Waals surface area contributed by atoms with Gasteiger partial charge in [-0.2, -0.15) is 0 Å². The summed E-state index contributed by atoms with van der Waals surface area (Å²) in [4.78, 5) is 28.8. The van der Waals surface area contributed by atoms with E-state index in [1.165, 1.54) is 19.3 Å². The van der Waals surface area contributed by atoms with Crippen molar-refractivity contribution in [2.45, 2.75) is 82.1 Å². The molecule has 10 rings (SSSR count). The van der Waals surface area contributed by atoms with Crippen LogP contribution in [0.3, 0.4) is 0 Å². The van der Waals surface area contributed by atoms with Gasteiger partial charge >= 0.3 is 6.03 Å². The Hall–Kier alpha value is -4.81. The number of carbonyl (C=O) groups excluding carboxylic acids is 1. The summed E-state index contributed by atoms with van der Waals surface area (Å²) < 4.78 is 13.4. The quantitative estimate of drug-likeness (QED) is 0.104. The molecule has 6 fully saturated rings. The highest BCUT2D eigenvalue weighted by Crippen LogP contribution is 2.55. The van der Waals surface area contributed by atoms with Gasteiger partial charge < -0.3 is 30.1 Å². The van der Waals surface area contributed by atoms with Crippen LogP contribution in [0.15, 0.2) is 97.1 Å². The fourth-order valence-corrected chi connectivity index (χ4v) is 10.8. The zero-order valence-corrected chi connectivity index (χ0v) is 32.4. The number of aliphatic hydroxyl groups excluding tert-OH is 1. The van der Waals surface area contributed by atoms with Gasteiger partial charge in [0.2, 0.25) is 0 Å². The average molecular weight is 772 g/mol. The van der Waals surface area contributed by atoms with Crippen LogP contribution in [0.4, 0.5) is 16.2 Å². The van der Waals surface area contributed by atoms with Crippen LogP contribution in [0.2, 0.25) is 0 Å². The van der Waals surface area contributed by atoms with Crippen molar-refractivity contribution >= 4 is 17.4 Å². The number of nitrogens with zero attached hydrogens (tertiary/aromatic N) is 3. The number of aliphatic hydroxyl groups is 1. The summed E-state index contributed by atoms with van der Waals surface area (Å²) in [6.45, 7) is 4.55. The molecular weight excluding hydrogens is 719 g/mol. The molecule has 4 aliphatic carbocycles. The normalized spacial score (nSPS) is 28.3. The maximum Gasteiger partial charge on any atom is 0.315 e. The van der Waals surface area contributed by atoms with Gasteiger partial charge in [0.15, 0.2) is 6.29 Å². The summed E-state index contributed by atoms with van der Waals surface area (Å²) in [7, 11) is 0. The average Bonchev–Trinajstić information content (AvgIpc) is 3.23. The summed E-state index contributed by atoms with van der Waals surface area (Å²) in [6, 6.07) is 31.4. The second kappa shape index (κ2) is 16.2. The fourth-order valence-electron chi connectivity index (χ4n) is 10.8. The number of non-ortho nitro benzene ring substituents is 1. The Morgan fingerprint density at radius 1 is 0.789 bits per heavy atom. The third kappa shape index (κ3) is 8.43. The van der Waals surface area contributed by atoms with Crippen molar-refractivity contribution in [3.05, 3.63) is 129 Å². The van der Waals surface area contributed by atoms with Crippen LogP contribution < -0.4 is 15.5 Å². The SMILES string of the molecule is O=C(NCc1ccccc1-c1ccc([C@@H]2O[C@H](CN3CCN(c4ccc([N+](=O)[O-])cc4)CC3)C[C@H](c3ccc(CO)cc3)O2)cc1)NC12CC3CC(CC(C3)C1)C2. The number of piperazine rings is 1. The summed E-state index contributed by atoms with van der Waals surface area (Å²) in [5.41, 5.74) is 7.13. The highest BCUT2D eigenvalue weighted by atomic mass is 16.7. The molecule has 3 N–H and O–H groups in total. The molecule has 0 unspecified atom stereocenters. The molecule has 2 saturated heterocycles. The van der Waals surface area contributed by atoms with Crippen LogP contribution in [0.5, 0.6) is 0 Å². The first kappa shape index (κ1) is 37.7. The van der Waals surface area contributed by atoms with E-state index in [2.05, 4.69) is 56.8 Å². The van der Waals surface area contributed by atoms with Gasteiger partial charge in [0.25, 0.3) is 5.69 Å². The van der Waals surface area contributed by atoms with E-state index in [0.717, 1.165) is 109 Å². The van der Waals surface area contributed by atoms with E-state index < -0.39 is 6.29 Å². The van der Waals surface area contributed by atoms with Crippen LogP contribution in [0, 0.1) is 27.9 Å². The number of ether oxygens (including phenoxy) is 2. The number of urea groups is 1. The van der Waals surface area contributed by atoms with E-state index in [1.807, 2.05) is 48.5 Å². The first-order valence-electron chi connectivity index (χ1n) is 20.7. The molecule has 4 bridgehead atoms. The number of hydrogen-bond donors (Lipinski definition) is 3. The summed E-state index contributed by atoms with van der Waals surface area (Å²) in [5, 5.41) is 27.4. The molecule has 0 radical (unpaired) electrons. The van der Waals surface area contributed by atoms with Crippen LogP contribution in [0.1, 0.15) is 79.6 Å². The predicted molar refractivity (Wildman–Crippen MR) is 218 cm³/mol. The van der Waals surface area contributed by atoms with Gasteiger partial charge in [0.1, 0.15) is 0 Å². The smallest absolute Gasteiger partial charge is 0.315 e. The summed E-state index contributed by atoms with van der Waals surface area (Å²) in [6.07, 6.45) is 7.31. The number of rotatable bonds is 11. The Labute approximate surface area is 334 Å². The highest BCUT2D eigenvalue weighted by molar-refractivity contribution is 5.76. The predicted octanol–water partition coefficient (Wildman–Crippen LogP) is 7.89. The van der Waals surface area contributed by atoms with Crippen molar-refractivity contribution in [3.63, 3.8) is 0 Å². The van der Waals surface area contributed by atoms with Crippen molar-refractivity contribution in [1.82, 2.24) is 15.5 Å². The van der Waals surface area contributed by atoms with Crippen LogP contribution in [0.25, 0.3) is 11.1 Å². The molecule has 6 aliphatic rings. The maximum atomic E-state index is 13.3. The van der Waals surface area contributed by atoms with Gasteiger partial charge in [-0.25, -0.2) is 4.79 Å². The molecule has 4 saturated carbocycles. The first-order valence-corrected chi connectivity index (χ1v) is 20.7. The molecule has 4 aromatic rings. The number of amides is 2. The van der Waals surface area contributed by atoms with E-state index in [1.54, 1.807) is 12.1 Å². The van der Waals surface area contributed by atoms with E-state index in [4.69, 9.17) is 9.47 Å². The van der Waals surface area contributed by atoms with Crippen LogP contribution in [-0.2, 0) is 22.6 Å². The molecular formula is C46H53N5O6. The van der Waals surface area contributed by atoms with E-state index in [0.29, 0.717) is 13.0 Å². The van der Waals surface area contributed by atoms with Gasteiger partial charge in [0.05, 0.1) is 23.7 Å². The lowest BCUT2D eigenvalue weighted by molar-refractivity contribution is -0.384. The first-order chi connectivity index (χ1) is 27.8. The second-order valence-corrected chi connectivity index (χ2v) is 17.2. The molecule has 11 heteroatoms. The monoisotopic (exact) mass is 771 g/mol. The number of carbonyl (C=O) groups is 1. The van der Waals surface area contributed by atoms with Gasteiger partial charge in [-0.3, -0.25) is 15.0 Å². The molecule has 4 aromatic carbocycles. The fraction of sp³-hybridized carbons (Fsp3) is 0.457. The Morgan fingerprint density at radius 3 is 2.09 bits per heavy atom. The van der Waals surface area contributed by atoms with Gasteiger partial charge in [0, 0.05) is 74.6 Å².